The lowest BCUT2D eigenvalue weighted by Gasteiger charge is -2.16. The van der Waals surface area contributed by atoms with Crippen LogP contribution in [0.5, 0.6) is 0 Å². The van der Waals surface area contributed by atoms with Crippen LogP contribution in [0, 0.1) is 0 Å². The number of aryl methyl sites for hydroxylation is 2. The van der Waals surface area contributed by atoms with E-state index in [1.54, 1.807) is 0 Å². The van der Waals surface area contributed by atoms with Gasteiger partial charge in [-0.15, -0.1) is 4.36 Å². The van der Waals surface area contributed by atoms with E-state index in [-0.39, 0.29) is 5.25 Å². The molecule has 146 valence electrons. The highest BCUT2D eigenvalue weighted by Crippen LogP contribution is 2.38. The van der Waals surface area contributed by atoms with Crippen LogP contribution in [0.2, 0.25) is 0 Å². The van der Waals surface area contributed by atoms with Crippen molar-refractivity contribution < 1.29 is 9.00 Å². The summed E-state index contributed by atoms with van der Waals surface area (Å²) in [5.41, 5.74) is 8.38. The second-order valence-corrected chi connectivity index (χ2v) is 10.2. The molecule has 2 aromatic rings. The van der Waals surface area contributed by atoms with E-state index in [4.69, 9.17) is 5.14 Å². The number of hydrogen-bond donors (Lipinski definition) is 2. The molecule has 3 aliphatic rings. The highest BCUT2D eigenvalue weighted by molar-refractivity contribution is 7.92. The molecule has 6 heteroatoms. The fraction of sp³-hybridized carbons (Fsp3) is 0.409. The van der Waals surface area contributed by atoms with E-state index in [2.05, 4.69) is 15.7 Å². The molecule has 5 nitrogen and oxygen atoms in total. The fourth-order valence-electron chi connectivity index (χ4n) is 5.06. The van der Waals surface area contributed by atoms with Crippen LogP contribution in [0.25, 0.3) is 0 Å². The lowest BCUT2D eigenvalue weighted by atomic mass is 9.99. The van der Waals surface area contributed by atoms with E-state index in [1.807, 2.05) is 24.3 Å². The Kier molecular flexibility index (Phi) is 4.29. The maximum Gasteiger partial charge on any atom is 0.354 e. The minimum atomic E-state index is -3.11. The van der Waals surface area contributed by atoms with E-state index >= 15 is 0 Å². The number of rotatable bonds is 2. The number of benzene rings is 2. The SMILES string of the molecule is N[S@@](=O)(=NC(=O)Nc1c2c(cc3c1CCC3)CCC2)C1Cc2ccccc2C1. The Labute approximate surface area is 166 Å². The maximum atomic E-state index is 13.1. The molecular formula is C22H25N3O2S. The van der Waals surface area contributed by atoms with Crippen LogP contribution in [-0.4, -0.2) is 15.5 Å². The van der Waals surface area contributed by atoms with Gasteiger partial charge in [0.15, 0.2) is 0 Å². The van der Waals surface area contributed by atoms with Gasteiger partial charge in [-0.05, 0) is 84.7 Å². The quantitative estimate of drug-likeness (QED) is 0.812. The summed E-state index contributed by atoms with van der Waals surface area (Å²) in [6.45, 7) is 0. The molecular weight excluding hydrogens is 370 g/mol. The van der Waals surface area contributed by atoms with Gasteiger partial charge < -0.3 is 5.32 Å². The highest BCUT2D eigenvalue weighted by Gasteiger charge is 2.30. The summed E-state index contributed by atoms with van der Waals surface area (Å²) < 4.78 is 17.1. The number of amides is 2. The van der Waals surface area contributed by atoms with Crippen molar-refractivity contribution in [1.82, 2.24) is 0 Å². The zero-order valence-corrected chi connectivity index (χ0v) is 16.7. The average molecular weight is 396 g/mol. The van der Waals surface area contributed by atoms with Gasteiger partial charge in [0.1, 0.15) is 9.92 Å². The normalized spacial score (nSPS) is 19.6. The summed E-state index contributed by atoms with van der Waals surface area (Å²) in [7, 11) is -3.11. The van der Waals surface area contributed by atoms with Gasteiger partial charge in [0.05, 0.1) is 5.25 Å². The Bertz CT molecular complexity index is 1040. The Balaban J connectivity index is 1.42. The topological polar surface area (TPSA) is 84.6 Å². The first-order valence-corrected chi connectivity index (χ1v) is 11.7. The van der Waals surface area contributed by atoms with Crippen molar-refractivity contribution in [3.8, 4) is 0 Å². The zero-order chi connectivity index (χ0) is 19.3. The predicted molar refractivity (Wildman–Crippen MR) is 112 cm³/mol. The summed E-state index contributed by atoms with van der Waals surface area (Å²) in [5.74, 6) is 0. The summed E-state index contributed by atoms with van der Waals surface area (Å²) in [4.78, 5) is 12.7. The number of nitrogens with two attached hydrogens (primary N) is 1. The van der Waals surface area contributed by atoms with Gasteiger partial charge in [0.2, 0.25) is 0 Å². The molecule has 0 fully saturated rings. The third-order valence-corrected chi connectivity index (χ3v) is 8.16. The van der Waals surface area contributed by atoms with Crippen molar-refractivity contribution in [1.29, 1.82) is 0 Å². The molecule has 0 radical (unpaired) electrons. The summed E-state index contributed by atoms with van der Waals surface area (Å²) in [6, 6.07) is 9.75. The average Bonchev–Trinajstić information content (AvgIpc) is 3.39. The van der Waals surface area contributed by atoms with Crippen LogP contribution < -0.4 is 10.5 Å². The van der Waals surface area contributed by atoms with Gasteiger partial charge in [-0.2, -0.15) is 0 Å². The fourth-order valence-corrected chi connectivity index (χ4v) is 6.35. The van der Waals surface area contributed by atoms with Crippen LogP contribution in [0.3, 0.4) is 0 Å². The van der Waals surface area contributed by atoms with Gasteiger partial charge in [-0.3, -0.25) is 0 Å². The Morgan fingerprint density at radius 1 is 0.964 bits per heavy atom. The van der Waals surface area contributed by atoms with Gasteiger partial charge in [0.25, 0.3) is 0 Å². The van der Waals surface area contributed by atoms with Crippen molar-refractivity contribution >= 4 is 21.6 Å². The number of nitrogens with zero attached hydrogens (tertiary/aromatic N) is 1. The van der Waals surface area contributed by atoms with Gasteiger partial charge in [-0.1, -0.05) is 30.3 Å². The summed E-state index contributed by atoms with van der Waals surface area (Å²) >= 11 is 0. The molecule has 3 N–H and O–H groups in total. The lowest BCUT2D eigenvalue weighted by Crippen LogP contribution is -2.30. The Hall–Kier alpha value is -2.18. The predicted octanol–water partition coefficient (Wildman–Crippen LogP) is 3.71. The zero-order valence-electron chi connectivity index (χ0n) is 15.9. The van der Waals surface area contributed by atoms with Crippen molar-refractivity contribution in [3.05, 3.63) is 63.7 Å². The number of fused-ring (bicyclic) bond motifs is 3. The van der Waals surface area contributed by atoms with Crippen LogP contribution in [-0.2, 0) is 48.4 Å². The molecule has 0 bridgehead atoms. The first kappa shape index (κ1) is 17.9. The highest BCUT2D eigenvalue weighted by atomic mass is 32.2. The maximum absolute atomic E-state index is 13.1. The molecule has 0 spiro atoms. The second kappa shape index (κ2) is 6.71. The molecule has 0 saturated heterocycles. The first-order valence-electron chi connectivity index (χ1n) is 10.1. The van der Waals surface area contributed by atoms with E-state index < -0.39 is 15.9 Å². The number of hydrogen-bond acceptors (Lipinski definition) is 2. The van der Waals surface area contributed by atoms with Gasteiger partial charge in [0, 0.05) is 5.69 Å². The minimum absolute atomic E-state index is 0.317. The summed E-state index contributed by atoms with van der Waals surface area (Å²) in [6.07, 6.45) is 7.55. The molecule has 0 aliphatic heterocycles. The Morgan fingerprint density at radius 3 is 2.11 bits per heavy atom. The van der Waals surface area contributed by atoms with E-state index in [0.29, 0.717) is 12.8 Å². The molecule has 0 aromatic heterocycles. The third kappa shape index (κ3) is 3.05. The van der Waals surface area contributed by atoms with Crippen LogP contribution in [0.4, 0.5) is 10.5 Å². The molecule has 0 heterocycles. The number of carbonyl (C=O) groups excluding carboxylic acids is 1. The number of anilines is 1. The monoisotopic (exact) mass is 395 g/mol. The third-order valence-electron chi connectivity index (χ3n) is 6.42. The van der Waals surface area contributed by atoms with Crippen molar-refractivity contribution in [2.24, 2.45) is 9.50 Å². The van der Waals surface area contributed by atoms with Crippen LogP contribution in [0.15, 0.2) is 34.7 Å². The molecule has 0 saturated carbocycles. The van der Waals surface area contributed by atoms with Crippen LogP contribution >= 0.6 is 0 Å². The molecule has 5 rings (SSSR count). The molecule has 2 amide bonds. The van der Waals surface area contributed by atoms with Gasteiger partial charge >= 0.3 is 6.03 Å². The Morgan fingerprint density at radius 2 is 1.54 bits per heavy atom. The van der Waals surface area contributed by atoms with E-state index in [0.717, 1.165) is 55.3 Å². The standard InChI is InChI=1S/C22H25N3O2S/c23-28(27,18-12-14-5-1-2-6-15(14)13-18)25-22(26)24-21-19-9-3-7-16(19)11-17-8-4-10-20(17)21/h1-2,5-6,11,18H,3-4,7-10,12-13H2,(H3,23,24,25,26,27)/t28-/m1/s1. The van der Waals surface area contributed by atoms with E-state index in [1.165, 1.54) is 22.3 Å². The first-order chi connectivity index (χ1) is 13.5. The molecule has 28 heavy (non-hydrogen) atoms. The molecule has 3 aliphatic carbocycles. The molecule has 1 atom stereocenters. The van der Waals surface area contributed by atoms with E-state index in [9.17, 15) is 9.00 Å². The minimum Gasteiger partial charge on any atom is -0.305 e. The second-order valence-electron chi connectivity index (χ2n) is 8.17. The van der Waals surface area contributed by atoms with Crippen molar-refractivity contribution in [2.45, 2.75) is 56.6 Å². The van der Waals surface area contributed by atoms with Crippen molar-refractivity contribution in [2.75, 3.05) is 5.32 Å². The largest absolute Gasteiger partial charge is 0.354 e. The van der Waals surface area contributed by atoms with Crippen molar-refractivity contribution in [3.63, 3.8) is 0 Å². The van der Waals surface area contributed by atoms with Gasteiger partial charge in [-0.25, -0.2) is 14.1 Å². The number of nitrogens with one attached hydrogen (secondary N) is 1. The summed E-state index contributed by atoms with van der Waals surface area (Å²) in [5, 5.41) is 8.74. The van der Waals surface area contributed by atoms with Crippen LogP contribution in [0.1, 0.15) is 46.2 Å². The molecule has 2 aromatic carbocycles. The lowest BCUT2D eigenvalue weighted by molar-refractivity contribution is 0.260. The molecule has 0 unspecified atom stereocenters. The number of urea groups is 1. The number of carbonyl (C=O) groups is 1. The smallest absolute Gasteiger partial charge is 0.305 e.